The van der Waals surface area contributed by atoms with Crippen LogP contribution in [0.5, 0.6) is 0 Å². The fourth-order valence-electron chi connectivity index (χ4n) is 2.28. The molecule has 0 amide bonds. The third-order valence-electron chi connectivity index (χ3n) is 3.48. The van der Waals surface area contributed by atoms with Crippen molar-refractivity contribution in [2.24, 2.45) is 0 Å². The van der Waals surface area contributed by atoms with Crippen LogP contribution in [0.2, 0.25) is 10.0 Å². The van der Waals surface area contributed by atoms with Crippen molar-refractivity contribution < 1.29 is 9.09 Å². The summed E-state index contributed by atoms with van der Waals surface area (Å²) in [5.41, 5.74) is 2.46. The van der Waals surface area contributed by atoms with E-state index in [4.69, 9.17) is 39.0 Å². The molecule has 1 atom stereocenters. The largest absolute Gasteiger partial charge is 0.438 e. The van der Waals surface area contributed by atoms with E-state index in [1.165, 1.54) is 0 Å². The zero-order valence-corrected chi connectivity index (χ0v) is 15.3. The minimum absolute atomic E-state index is 0.359. The summed E-state index contributed by atoms with van der Waals surface area (Å²) in [6.45, 7) is -1.20. The second-order valence-corrected chi connectivity index (χ2v) is 8.85. The number of nitrogens with zero attached hydrogens (tertiary/aromatic N) is 1. The topological polar surface area (TPSA) is 29.5 Å². The first-order valence-corrected chi connectivity index (χ1v) is 10.1. The van der Waals surface area contributed by atoms with E-state index in [2.05, 4.69) is 0 Å². The molecule has 1 heterocycles. The van der Waals surface area contributed by atoms with Crippen LogP contribution in [0, 0.1) is 6.92 Å². The third-order valence-corrected chi connectivity index (χ3v) is 6.17. The average molecular weight is 389 g/mol. The molecule has 120 valence electrons. The van der Waals surface area contributed by atoms with Gasteiger partial charge in [-0.3, -0.25) is 4.67 Å². The van der Waals surface area contributed by atoms with Crippen molar-refractivity contribution >= 4 is 52.8 Å². The van der Waals surface area contributed by atoms with Gasteiger partial charge in [0.2, 0.25) is 0 Å². The molecule has 0 radical (unpaired) electrons. The lowest BCUT2D eigenvalue weighted by molar-refractivity contribution is 0.466. The summed E-state index contributed by atoms with van der Waals surface area (Å²) in [6.07, 6.45) is 1.80. The van der Waals surface area contributed by atoms with Crippen molar-refractivity contribution in [2.75, 3.05) is 11.2 Å². The molecular weight excluding hydrogens is 376 g/mol. The molecule has 2 aromatic carbocycles. The number of anilines is 1. The van der Waals surface area contributed by atoms with Crippen molar-refractivity contribution in [2.45, 2.75) is 6.92 Å². The lowest BCUT2D eigenvalue weighted by Crippen LogP contribution is -2.22. The first-order valence-electron chi connectivity index (χ1n) is 6.86. The van der Waals surface area contributed by atoms with Gasteiger partial charge in [-0.25, -0.2) is 4.57 Å². The van der Waals surface area contributed by atoms with Crippen LogP contribution >= 0.6 is 41.3 Å². The first-order chi connectivity index (χ1) is 10.9. The monoisotopic (exact) mass is 387 g/mol. The Morgan fingerprint density at radius 2 is 1.83 bits per heavy atom. The predicted molar refractivity (Wildman–Crippen MR) is 97.5 cm³/mol. The number of hydrogen-bond acceptors (Lipinski definition) is 2. The second-order valence-electron chi connectivity index (χ2n) is 5.15. The van der Waals surface area contributed by atoms with E-state index in [-0.39, 0.29) is 0 Å². The van der Waals surface area contributed by atoms with Crippen molar-refractivity contribution in [1.82, 2.24) is 0 Å². The van der Waals surface area contributed by atoms with Gasteiger partial charge in [-0.15, -0.1) is 0 Å². The summed E-state index contributed by atoms with van der Waals surface area (Å²) in [4.78, 5) is 0. The molecule has 0 saturated heterocycles. The van der Waals surface area contributed by atoms with Gasteiger partial charge >= 0.3 is 6.87 Å². The normalized spacial score (nSPS) is 20.9. The van der Waals surface area contributed by atoms with Crippen molar-refractivity contribution in [3.8, 4) is 0 Å². The first kappa shape index (κ1) is 16.7. The Labute approximate surface area is 149 Å². The molecule has 1 aliphatic rings. The van der Waals surface area contributed by atoms with Crippen molar-refractivity contribution in [1.29, 1.82) is 0 Å². The molecule has 3 rings (SSSR count). The molecule has 3 nitrogen and oxygen atoms in total. The molecule has 0 bridgehead atoms. The van der Waals surface area contributed by atoms with E-state index >= 15 is 0 Å². The van der Waals surface area contributed by atoms with Gasteiger partial charge in [-0.05, 0) is 43.3 Å². The van der Waals surface area contributed by atoms with Crippen LogP contribution in [0.25, 0.3) is 5.76 Å². The minimum Gasteiger partial charge on any atom is -0.418 e. The highest BCUT2D eigenvalue weighted by atomic mass is 35.7. The zero-order chi connectivity index (χ0) is 16.6. The van der Waals surface area contributed by atoms with Gasteiger partial charge in [0.15, 0.2) is 0 Å². The number of benzene rings is 2. The molecule has 0 aromatic heterocycles. The smallest absolute Gasteiger partial charge is 0.418 e. The van der Waals surface area contributed by atoms with Gasteiger partial charge in [0.1, 0.15) is 5.76 Å². The van der Waals surface area contributed by atoms with Crippen LogP contribution in [0.1, 0.15) is 11.1 Å². The highest BCUT2D eigenvalue weighted by Crippen LogP contribution is 2.62. The standard InChI is InChI=1S/C16H13Cl3NO2P/c1-11-2-5-13(6-3-11)20-9-8-16(22-23(20,19)21)14-7-4-12(17)10-15(14)18/h2-8,10H,9H2,1H3/t23-/m0/s1. The summed E-state index contributed by atoms with van der Waals surface area (Å²) in [6, 6.07) is 12.6. The van der Waals surface area contributed by atoms with E-state index in [0.717, 1.165) is 11.3 Å². The highest BCUT2D eigenvalue weighted by Gasteiger charge is 2.35. The lowest BCUT2D eigenvalue weighted by Gasteiger charge is -2.32. The van der Waals surface area contributed by atoms with E-state index < -0.39 is 6.87 Å². The maximum Gasteiger partial charge on any atom is 0.438 e. The summed E-state index contributed by atoms with van der Waals surface area (Å²) in [5, 5.41) is 0.940. The zero-order valence-electron chi connectivity index (χ0n) is 12.2. The van der Waals surface area contributed by atoms with Crippen LogP contribution in [-0.2, 0) is 9.09 Å². The Morgan fingerprint density at radius 3 is 2.43 bits per heavy atom. The molecule has 0 N–H and O–H groups in total. The Morgan fingerprint density at radius 1 is 1.13 bits per heavy atom. The van der Waals surface area contributed by atoms with E-state index in [1.54, 1.807) is 28.9 Å². The van der Waals surface area contributed by atoms with Gasteiger partial charge in [-0.1, -0.05) is 40.9 Å². The van der Waals surface area contributed by atoms with E-state index in [9.17, 15) is 4.57 Å². The van der Waals surface area contributed by atoms with Crippen LogP contribution in [0.15, 0.2) is 48.5 Å². The highest BCUT2D eigenvalue weighted by molar-refractivity contribution is 7.86. The molecule has 7 heteroatoms. The second kappa shape index (κ2) is 6.41. The fourth-order valence-corrected chi connectivity index (χ4v) is 4.65. The Balaban J connectivity index is 1.94. The summed E-state index contributed by atoms with van der Waals surface area (Å²) < 4.78 is 19.9. The average Bonchev–Trinajstić information content (AvgIpc) is 2.47. The summed E-state index contributed by atoms with van der Waals surface area (Å²) in [7, 11) is 0. The summed E-state index contributed by atoms with van der Waals surface area (Å²) in [5.74, 6) is 0.397. The lowest BCUT2D eigenvalue weighted by atomic mass is 10.2. The molecule has 2 aromatic rings. The third kappa shape index (κ3) is 3.54. The Hall–Kier alpha value is -1.12. The Kier molecular flexibility index (Phi) is 4.66. The Bertz CT molecular complexity index is 821. The van der Waals surface area contributed by atoms with Gasteiger partial charge in [0.05, 0.1) is 11.6 Å². The molecule has 0 saturated carbocycles. The minimum atomic E-state index is -3.54. The molecule has 0 spiro atoms. The number of halogens is 3. The molecule has 0 unspecified atom stereocenters. The predicted octanol–water partition coefficient (Wildman–Crippen LogP) is 6.53. The van der Waals surface area contributed by atoms with Crippen molar-refractivity contribution in [3.63, 3.8) is 0 Å². The van der Waals surface area contributed by atoms with Crippen molar-refractivity contribution in [3.05, 3.63) is 69.7 Å². The van der Waals surface area contributed by atoms with Crippen LogP contribution in [0.3, 0.4) is 0 Å². The van der Waals surface area contributed by atoms with Crippen LogP contribution in [-0.4, -0.2) is 6.54 Å². The van der Waals surface area contributed by atoms with Gasteiger partial charge in [0, 0.05) is 27.5 Å². The summed E-state index contributed by atoms with van der Waals surface area (Å²) >= 11 is 18.3. The molecular formula is C16H13Cl3NO2P. The number of hydrogen-bond donors (Lipinski definition) is 0. The SMILES string of the molecule is Cc1ccc(N2CC=C(c3ccc(Cl)cc3Cl)O[P@@]2(=O)Cl)cc1. The van der Waals surface area contributed by atoms with Crippen LogP contribution < -0.4 is 4.67 Å². The fraction of sp³-hybridized carbons (Fsp3) is 0.125. The number of rotatable bonds is 2. The quantitative estimate of drug-likeness (QED) is 0.548. The van der Waals surface area contributed by atoms with Gasteiger partial charge < -0.3 is 4.52 Å². The van der Waals surface area contributed by atoms with Crippen LogP contribution in [0.4, 0.5) is 5.69 Å². The molecule has 23 heavy (non-hydrogen) atoms. The van der Waals surface area contributed by atoms with E-state index in [1.807, 2.05) is 31.2 Å². The van der Waals surface area contributed by atoms with E-state index in [0.29, 0.717) is 27.9 Å². The molecule has 0 fully saturated rings. The maximum atomic E-state index is 12.8. The maximum absolute atomic E-state index is 12.8. The van der Waals surface area contributed by atoms with Gasteiger partial charge in [-0.2, -0.15) is 0 Å². The molecule has 0 aliphatic carbocycles. The number of aryl methyl sites for hydroxylation is 1. The molecule has 1 aliphatic heterocycles. The van der Waals surface area contributed by atoms with Gasteiger partial charge in [0.25, 0.3) is 0 Å².